The molecule has 0 aliphatic heterocycles. The number of rotatable bonds is 10. The minimum absolute atomic E-state index is 0.186. The average molecular weight is 251 g/mol. The number of unbranched alkanes of at least 4 members (excludes halogenated alkanes) is 4. The molecule has 0 aliphatic carbocycles. The van der Waals surface area contributed by atoms with E-state index in [0.29, 0.717) is 6.42 Å². The van der Waals surface area contributed by atoms with Crippen molar-refractivity contribution < 1.29 is 4.79 Å². The lowest BCUT2D eigenvalue weighted by molar-refractivity contribution is -0.121. The van der Waals surface area contributed by atoms with Gasteiger partial charge in [-0.05, 0) is 12.8 Å². The second-order valence-corrected chi connectivity index (χ2v) is 4.65. The first-order valence-electron chi connectivity index (χ1n) is 7.08. The lowest BCUT2D eigenvalue weighted by Gasteiger charge is -2.04. The molecule has 0 unspecified atom stereocenters. The Bertz CT molecular complexity index is 309. The monoisotopic (exact) mass is 251 g/mol. The molecular formula is C14H25N3O. The standard InChI is InChI=1S/C14H25N3O/c1-2-3-4-5-6-9-14(18)17-10-7-8-13-15-11-12-16-13/h11-12H,2-10H2,1H3,(H,15,16)(H,17,18). The van der Waals surface area contributed by atoms with Crippen LogP contribution in [0.1, 0.15) is 57.7 Å². The van der Waals surface area contributed by atoms with Crippen LogP contribution in [-0.2, 0) is 11.2 Å². The van der Waals surface area contributed by atoms with Gasteiger partial charge in [-0.2, -0.15) is 0 Å². The number of carbonyl (C=O) groups is 1. The van der Waals surface area contributed by atoms with Gasteiger partial charge < -0.3 is 10.3 Å². The normalized spacial score (nSPS) is 10.5. The first kappa shape index (κ1) is 14.7. The minimum Gasteiger partial charge on any atom is -0.356 e. The summed E-state index contributed by atoms with van der Waals surface area (Å²) in [6.45, 7) is 2.94. The number of aromatic amines is 1. The number of nitrogens with zero attached hydrogens (tertiary/aromatic N) is 1. The third-order valence-corrected chi connectivity index (χ3v) is 2.97. The molecule has 18 heavy (non-hydrogen) atoms. The van der Waals surface area contributed by atoms with Gasteiger partial charge in [-0.15, -0.1) is 0 Å². The first-order valence-corrected chi connectivity index (χ1v) is 7.08. The summed E-state index contributed by atoms with van der Waals surface area (Å²) in [5.41, 5.74) is 0. The van der Waals surface area contributed by atoms with E-state index in [1.807, 2.05) is 6.20 Å². The molecule has 1 aromatic heterocycles. The van der Waals surface area contributed by atoms with Crippen LogP contribution in [-0.4, -0.2) is 22.4 Å². The summed E-state index contributed by atoms with van der Waals surface area (Å²) in [5.74, 6) is 1.18. The largest absolute Gasteiger partial charge is 0.356 e. The average Bonchev–Trinajstić information content (AvgIpc) is 2.87. The fourth-order valence-corrected chi connectivity index (χ4v) is 1.90. The zero-order valence-electron chi connectivity index (χ0n) is 11.4. The Labute approximate surface area is 110 Å². The van der Waals surface area contributed by atoms with Gasteiger partial charge in [0.15, 0.2) is 0 Å². The van der Waals surface area contributed by atoms with Crippen LogP contribution in [0, 0.1) is 0 Å². The summed E-state index contributed by atoms with van der Waals surface area (Å²) in [5, 5.41) is 2.96. The summed E-state index contributed by atoms with van der Waals surface area (Å²) in [7, 11) is 0. The number of aromatic nitrogens is 2. The van der Waals surface area contributed by atoms with Crippen LogP contribution in [0.3, 0.4) is 0 Å². The second kappa shape index (κ2) is 9.68. The molecule has 2 N–H and O–H groups in total. The molecule has 0 bridgehead atoms. The zero-order valence-corrected chi connectivity index (χ0v) is 11.4. The van der Waals surface area contributed by atoms with Gasteiger partial charge in [0.25, 0.3) is 0 Å². The topological polar surface area (TPSA) is 57.8 Å². The maximum absolute atomic E-state index is 11.5. The van der Waals surface area contributed by atoms with Crippen LogP contribution in [0.25, 0.3) is 0 Å². The molecule has 4 nitrogen and oxygen atoms in total. The smallest absolute Gasteiger partial charge is 0.219 e. The van der Waals surface area contributed by atoms with Crippen molar-refractivity contribution in [3.8, 4) is 0 Å². The third-order valence-electron chi connectivity index (χ3n) is 2.97. The molecule has 0 saturated carbocycles. The minimum atomic E-state index is 0.186. The molecular weight excluding hydrogens is 226 g/mol. The third kappa shape index (κ3) is 7.09. The van der Waals surface area contributed by atoms with Crippen molar-refractivity contribution in [1.29, 1.82) is 0 Å². The fourth-order valence-electron chi connectivity index (χ4n) is 1.90. The zero-order chi connectivity index (χ0) is 13.1. The van der Waals surface area contributed by atoms with Crippen LogP contribution in [0.4, 0.5) is 0 Å². The summed E-state index contributed by atoms with van der Waals surface area (Å²) in [6.07, 6.45) is 12.1. The number of aryl methyl sites for hydroxylation is 1. The van der Waals surface area contributed by atoms with Crippen molar-refractivity contribution >= 4 is 5.91 Å². The molecule has 1 amide bonds. The summed E-state index contributed by atoms with van der Waals surface area (Å²) >= 11 is 0. The molecule has 1 heterocycles. The van der Waals surface area contributed by atoms with Crippen molar-refractivity contribution in [2.24, 2.45) is 0 Å². The number of nitrogens with one attached hydrogen (secondary N) is 2. The molecule has 1 aromatic rings. The van der Waals surface area contributed by atoms with Crippen LogP contribution in [0.15, 0.2) is 12.4 Å². The molecule has 1 rings (SSSR count). The highest BCUT2D eigenvalue weighted by Gasteiger charge is 2.01. The van der Waals surface area contributed by atoms with E-state index < -0.39 is 0 Å². The first-order chi connectivity index (χ1) is 8.83. The maximum atomic E-state index is 11.5. The van der Waals surface area contributed by atoms with Crippen molar-refractivity contribution in [3.05, 3.63) is 18.2 Å². The van der Waals surface area contributed by atoms with Crippen LogP contribution >= 0.6 is 0 Å². The van der Waals surface area contributed by atoms with Gasteiger partial charge in [0.1, 0.15) is 5.82 Å². The van der Waals surface area contributed by atoms with Gasteiger partial charge in [-0.3, -0.25) is 4.79 Å². The van der Waals surface area contributed by atoms with E-state index in [0.717, 1.165) is 31.6 Å². The molecule has 0 atom stereocenters. The Balaban J connectivity index is 1.90. The molecule has 102 valence electrons. The number of carbonyl (C=O) groups excluding carboxylic acids is 1. The summed E-state index contributed by atoms with van der Waals surface area (Å²) in [4.78, 5) is 18.7. The Morgan fingerprint density at radius 2 is 2.11 bits per heavy atom. The Kier molecular flexibility index (Phi) is 7.93. The Morgan fingerprint density at radius 3 is 2.83 bits per heavy atom. The van der Waals surface area contributed by atoms with E-state index in [1.165, 1.54) is 25.7 Å². The van der Waals surface area contributed by atoms with Crippen LogP contribution < -0.4 is 5.32 Å². The quantitative estimate of drug-likeness (QED) is 0.628. The predicted octanol–water partition coefficient (Wildman–Crippen LogP) is 2.82. The number of hydrogen-bond acceptors (Lipinski definition) is 2. The Morgan fingerprint density at radius 1 is 1.28 bits per heavy atom. The number of H-pyrrole nitrogens is 1. The number of hydrogen-bond donors (Lipinski definition) is 2. The highest BCUT2D eigenvalue weighted by Crippen LogP contribution is 2.04. The van der Waals surface area contributed by atoms with Gasteiger partial charge in [0.05, 0.1) is 0 Å². The molecule has 0 radical (unpaired) electrons. The van der Waals surface area contributed by atoms with Gasteiger partial charge in [0, 0.05) is 31.8 Å². The molecule has 0 fully saturated rings. The van der Waals surface area contributed by atoms with Crippen molar-refractivity contribution in [2.45, 2.75) is 58.3 Å². The van der Waals surface area contributed by atoms with E-state index in [9.17, 15) is 4.79 Å². The fraction of sp³-hybridized carbons (Fsp3) is 0.714. The van der Waals surface area contributed by atoms with Gasteiger partial charge >= 0.3 is 0 Å². The molecule has 0 spiro atoms. The van der Waals surface area contributed by atoms with E-state index in [1.54, 1.807) is 6.20 Å². The van der Waals surface area contributed by atoms with Gasteiger partial charge in [-0.1, -0.05) is 32.6 Å². The van der Waals surface area contributed by atoms with Crippen molar-refractivity contribution in [1.82, 2.24) is 15.3 Å². The van der Waals surface area contributed by atoms with Crippen LogP contribution in [0.2, 0.25) is 0 Å². The molecule has 0 aromatic carbocycles. The SMILES string of the molecule is CCCCCCCC(=O)NCCCc1ncc[nH]1. The number of imidazole rings is 1. The molecule has 0 aliphatic rings. The maximum Gasteiger partial charge on any atom is 0.219 e. The highest BCUT2D eigenvalue weighted by atomic mass is 16.1. The van der Waals surface area contributed by atoms with Gasteiger partial charge in [0.2, 0.25) is 5.91 Å². The van der Waals surface area contributed by atoms with E-state index in [2.05, 4.69) is 22.2 Å². The molecule has 4 heteroatoms. The predicted molar refractivity (Wildman–Crippen MR) is 73.3 cm³/mol. The van der Waals surface area contributed by atoms with Crippen molar-refractivity contribution in [3.63, 3.8) is 0 Å². The Hall–Kier alpha value is -1.32. The van der Waals surface area contributed by atoms with Crippen LogP contribution in [0.5, 0.6) is 0 Å². The summed E-state index contributed by atoms with van der Waals surface area (Å²) < 4.78 is 0. The lowest BCUT2D eigenvalue weighted by Crippen LogP contribution is -2.24. The van der Waals surface area contributed by atoms with Crippen molar-refractivity contribution in [2.75, 3.05) is 6.54 Å². The second-order valence-electron chi connectivity index (χ2n) is 4.65. The number of amides is 1. The van der Waals surface area contributed by atoms with E-state index in [-0.39, 0.29) is 5.91 Å². The lowest BCUT2D eigenvalue weighted by atomic mass is 10.1. The van der Waals surface area contributed by atoms with E-state index >= 15 is 0 Å². The van der Waals surface area contributed by atoms with E-state index in [4.69, 9.17) is 0 Å². The van der Waals surface area contributed by atoms with Gasteiger partial charge in [-0.25, -0.2) is 4.98 Å². The summed E-state index contributed by atoms with van der Waals surface area (Å²) in [6, 6.07) is 0. The molecule has 0 saturated heterocycles. The highest BCUT2D eigenvalue weighted by molar-refractivity contribution is 5.75.